The zero-order chi connectivity index (χ0) is 16.4. The Morgan fingerprint density at radius 2 is 1.96 bits per heavy atom. The number of rotatable bonds is 2. The largest absolute Gasteiger partial charge is 0.261 e. The van der Waals surface area contributed by atoms with Gasteiger partial charge in [0.15, 0.2) is 0 Å². The maximum Gasteiger partial charge on any atom is 0.0992 e. The van der Waals surface area contributed by atoms with E-state index in [1.165, 1.54) is 5.56 Å². The summed E-state index contributed by atoms with van der Waals surface area (Å²) in [5, 5.41) is 9.08. The first-order chi connectivity index (χ1) is 11.8. The lowest BCUT2D eigenvalue weighted by molar-refractivity contribution is 0.560. The van der Waals surface area contributed by atoms with E-state index in [4.69, 9.17) is 10.2 Å². The molecular weight excluding hydrogens is 296 g/mol. The van der Waals surface area contributed by atoms with Crippen LogP contribution in [-0.2, 0) is 12.8 Å². The molecule has 0 spiro atoms. The van der Waals surface area contributed by atoms with E-state index in [0.717, 1.165) is 42.0 Å². The van der Waals surface area contributed by atoms with Crippen molar-refractivity contribution in [1.29, 1.82) is 5.26 Å². The molecule has 0 bridgehead atoms. The van der Waals surface area contributed by atoms with Crippen molar-refractivity contribution in [3.8, 4) is 17.5 Å². The van der Waals surface area contributed by atoms with Crippen LogP contribution < -0.4 is 0 Å². The molecule has 0 aliphatic heterocycles. The smallest absolute Gasteiger partial charge is 0.0992 e. The predicted molar refractivity (Wildman–Crippen MR) is 91.2 cm³/mol. The average Bonchev–Trinajstić information content (AvgIpc) is 2.68. The zero-order valence-corrected chi connectivity index (χ0v) is 13.2. The average molecular weight is 312 g/mol. The van der Waals surface area contributed by atoms with Gasteiger partial charge in [0.25, 0.3) is 0 Å². The number of nitrogens with zero attached hydrogens (tertiary/aromatic N) is 4. The van der Waals surface area contributed by atoms with Crippen LogP contribution in [0.15, 0.2) is 54.9 Å². The Morgan fingerprint density at radius 1 is 1.00 bits per heavy atom. The Bertz CT molecular complexity index is 912. The molecule has 3 aromatic heterocycles. The summed E-state index contributed by atoms with van der Waals surface area (Å²) < 4.78 is 0. The van der Waals surface area contributed by atoms with Crippen molar-refractivity contribution in [2.75, 3.05) is 0 Å². The van der Waals surface area contributed by atoms with Crippen molar-refractivity contribution in [3.63, 3.8) is 0 Å². The summed E-state index contributed by atoms with van der Waals surface area (Å²) in [5.41, 5.74) is 5.90. The minimum atomic E-state index is 0.317. The van der Waals surface area contributed by atoms with E-state index in [9.17, 15) is 0 Å². The lowest BCUT2D eigenvalue weighted by Crippen LogP contribution is -2.15. The Labute approximate surface area is 140 Å². The molecule has 0 N–H and O–H groups in total. The van der Waals surface area contributed by atoms with Crippen molar-refractivity contribution in [2.45, 2.75) is 25.2 Å². The van der Waals surface area contributed by atoms with Gasteiger partial charge in [-0.15, -0.1) is 0 Å². The number of fused-ring (bicyclic) bond motifs is 1. The van der Waals surface area contributed by atoms with Crippen LogP contribution in [-0.4, -0.2) is 15.0 Å². The highest BCUT2D eigenvalue weighted by atomic mass is 14.8. The molecule has 3 heterocycles. The van der Waals surface area contributed by atoms with Crippen LogP contribution in [0.2, 0.25) is 0 Å². The molecule has 4 rings (SSSR count). The standard InChI is InChI=1S/C20H16N4/c21-13-14-8-10-23-19(11-14)16-5-4-15-6-7-18(24-20(15)12-16)17-3-1-2-9-22-17/h1-3,6-11,16H,4-5,12H2. The molecule has 0 saturated carbocycles. The molecule has 1 aliphatic carbocycles. The van der Waals surface area contributed by atoms with Crippen LogP contribution in [0.5, 0.6) is 0 Å². The van der Waals surface area contributed by atoms with Crippen molar-refractivity contribution >= 4 is 0 Å². The minimum absolute atomic E-state index is 0.317. The van der Waals surface area contributed by atoms with Crippen molar-refractivity contribution in [2.24, 2.45) is 0 Å². The highest BCUT2D eigenvalue weighted by Crippen LogP contribution is 2.32. The molecule has 0 aromatic carbocycles. The van der Waals surface area contributed by atoms with E-state index < -0.39 is 0 Å². The Kier molecular flexibility index (Phi) is 3.76. The summed E-state index contributed by atoms with van der Waals surface area (Å²) in [6.45, 7) is 0. The third-order valence-electron chi connectivity index (χ3n) is 4.53. The van der Waals surface area contributed by atoms with Crippen LogP contribution >= 0.6 is 0 Å². The van der Waals surface area contributed by atoms with Gasteiger partial charge in [0, 0.05) is 29.7 Å². The Balaban J connectivity index is 1.65. The van der Waals surface area contributed by atoms with Crippen LogP contribution in [0.25, 0.3) is 11.4 Å². The summed E-state index contributed by atoms with van der Waals surface area (Å²) in [4.78, 5) is 13.7. The summed E-state index contributed by atoms with van der Waals surface area (Å²) >= 11 is 0. The molecule has 3 aromatic rings. The molecule has 0 amide bonds. The minimum Gasteiger partial charge on any atom is -0.261 e. The summed E-state index contributed by atoms with van der Waals surface area (Å²) in [7, 11) is 0. The van der Waals surface area contributed by atoms with E-state index in [2.05, 4.69) is 28.2 Å². The van der Waals surface area contributed by atoms with E-state index in [0.29, 0.717) is 11.5 Å². The van der Waals surface area contributed by atoms with Gasteiger partial charge < -0.3 is 0 Å². The molecule has 0 radical (unpaired) electrons. The maximum atomic E-state index is 9.08. The third kappa shape index (κ3) is 2.77. The van der Waals surface area contributed by atoms with Gasteiger partial charge in [0.05, 0.1) is 23.0 Å². The van der Waals surface area contributed by atoms with Gasteiger partial charge in [-0.05, 0) is 55.2 Å². The lowest BCUT2D eigenvalue weighted by atomic mass is 9.84. The quantitative estimate of drug-likeness (QED) is 0.724. The second-order valence-corrected chi connectivity index (χ2v) is 6.04. The van der Waals surface area contributed by atoms with Gasteiger partial charge in [-0.3, -0.25) is 15.0 Å². The molecule has 0 fully saturated rings. The molecule has 0 saturated heterocycles. The fourth-order valence-electron chi connectivity index (χ4n) is 3.25. The Hall–Kier alpha value is -3.06. The molecule has 1 unspecified atom stereocenters. The molecule has 4 nitrogen and oxygen atoms in total. The monoisotopic (exact) mass is 312 g/mol. The van der Waals surface area contributed by atoms with Gasteiger partial charge >= 0.3 is 0 Å². The Morgan fingerprint density at radius 3 is 2.79 bits per heavy atom. The van der Waals surface area contributed by atoms with Gasteiger partial charge in [0.1, 0.15) is 0 Å². The number of aryl methyl sites for hydroxylation is 1. The highest BCUT2D eigenvalue weighted by molar-refractivity contribution is 5.54. The van der Waals surface area contributed by atoms with Crippen LogP contribution in [0.4, 0.5) is 0 Å². The van der Waals surface area contributed by atoms with Crippen LogP contribution in [0.1, 0.15) is 34.9 Å². The SMILES string of the molecule is N#Cc1ccnc(C2CCc3ccc(-c4ccccn4)nc3C2)c1. The van der Waals surface area contributed by atoms with E-state index in [1.807, 2.05) is 24.3 Å². The van der Waals surface area contributed by atoms with Gasteiger partial charge in [0.2, 0.25) is 0 Å². The molecule has 24 heavy (non-hydrogen) atoms. The fourth-order valence-corrected chi connectivity index (χ4v) is 3.25. The topological polar surface area (TPSA) is 62.5 Å². The van der Waals surface area contributed by atoms with Crippen LogP contribution in [0.3, 0.4) is 0 Å². The molecule has 1 atom stereocenters. The summed E-state index contributed by atoms with van der Waals surface area (Å²) in [5.74, 6) is 0.317. The highest BCUT2D eigenvalue weighted by Gasteiger charge is 2.23. The first-order valence-electron chi connectivity index (χ1n) is 8.10. The summed E-state index contributed by atoms with van der Waals surface area (Å²) in [6, 6.07) is 15.9. The predicted octanol–water partition coefficient (Wildman–Crippen LogP) is 3.68. The molecular formula is C20H16N4. The fraction of sp³-hybridized carbons (Fsp3) is 0.200. The van der Waals surface area contributed by atoms with E-state index in [-0.39, 0.29) is 0 Å². The van der Waals surface area contributed by atoms with Gasteiger partial charge in [-0.1, -0.05) is 12.1 Å². The number of nitriles is 1. The first-order valence-corrected chi connectivity index (χ1v) is 8.10. The number of aromatic nitrogens is 3. The second kappa shape index (κ2) is 6.21. The van der Waals surface area contributed by atoms with E-state index in [1.54, 1.807) is 18.5 Å². The normalized spacial score (nSPS) is 16.2. The van der Waals surface area contributed by atoms with Gasteiger partial charge in [-0.25, -0.2) is 0 Å². The third-order valence-corrected chi connectivity index (χ3v) is 4.53. The van der Waals surface area contributed by atoms with E-state index >= 15 is 0 Å². The number of pyridine rings is 3. The number of hydrogen-bond donors (Lipinski definition) is 0. The van der Waals surface area contributed by atoms with Crippen molar-refractivity contribution in [3.05, 3.63) is 77.4 Å². The summed E-state index contributed by atoms with van der Waals surface area (Å²) in [6.07, 6.45) is 6.41. The number of hydrogen-bond acceptors (Lipinski definition) is 4. The first kappa shape index (κ1) is 14.5. The lowest BCUT2D eigenvalue weighted by Gasteiger charge is -2.24. The molecule has 116 valence electrons. The maximum absolute atomic E-state index is 9.08. The second-order valence-electron chi connectivity index (χ2n) is 6.04. The van der Waals surface area contributed by atoms with Crippen molar-refractivity contribution in [1.82, 2.24) is 15.0 Å². The van der Waals surface area contributed by atoms with Crippen LogP contribution in [0, 0.1) is 11.3 Å². The zero-order valence-electron chi connectivity index (χ0n) is 13.2. The van der Waals surface area contributed by atoms with Gasteiger partial charge in [-0.2, -0.15) is 5.26 Å². The van der Waals surface area contributed by atoms with Crippen molar-refractivity contribution < 1.29 is 0 Å². The molecule has 1 aliphatic rings. The molecule has 4 heteroatoms.